The Hall–Kier alpha value is -2.86. The van der Waals surface area contributed by atoms with Gasteiger partial charge < -0.3 is 10.1 Å². The monoisotopic (exact) mass is 385 g/mol. The number of nitrogens with one attached hydrogen (secondary N) is 1. The smallest absolute Gasteiger partial charge is 0.276 e. The average molecular weight is 386 g/mol. The molecule has 7 heteroatoms. The Morgan fingerprint density at radius 3 is 2.56 bits per heavy atom. The van der Waals surface area contributed by atoms with Crippen LogP contribution in [-0.2, 0) is 0 Å². The third-order valence-electron chi connectivity index (χ3n) is 4.04. The number of fused-ring (bicyclic) bond motifs is 1. The molecule has 0 bridgehead atoms. The summed E-state index contributed by atoms with van der Waals surface area (Å²) in [5, 5.41) is 8.46. The maximum atomic E-state index is 13.0. The van der Waals surface area contributed by atoms with E-state index in [4.69, 9.17) is 16.3 Å². The molecule has 0 radical (unpaired) electrons. The largest absolute Gasteiger partial charge is 0.490 e. The van der Waals surface area contributed by atoms with Gasteiger partial charge in [-0.3, -0.25) is 9.59 Å². The van der Waals surface area contributed by atoms with Gasteiger partial charge in [-0.05, 0) is 39.0 Å². The van der Waals surface area contributed by atoms with Gasteiger partial charge in [0.05, 0.1) is 28.7 Å². The highest BCUT2D eigenvalue weighted by atomic mass is 35.5. The van der Waals surface area contributed by atoms with Crippen molar-refractivity contribution in [1.29, 1.82) is 0 Å². The van der Waals surface area contributed by atoms with Crippen molar-refractivity contribution < 1.29 is 9.53 Å². The number of carbonyl (C=O) groups is 1. The number of hydrogen-bond donors (Lipinski definition) is 1. The number of anilines is 1. The van der Waals surface area contributed by atoms with E-state index in [2.05, 4.69) is 10.4 Å². The third-order valence-corrected chi connectivity index (χ3v) is 4.33. The van der Waals surface area contributed by atoms with Crippen molar-refractivity contribution in [1.82, 2.24) is 9.78 Å². The fraction of sp³-hybridized carbons (Fsp3) is 0.250. The van der Waals surface area contributed by atoms with Crippen molar-refractivity contribution in [3.8, 4) is 5.75 Å². The molecule has 3 aromatic rings. The van der Waals surface area contributed by atoms with Gasteiger partial charge in [0.25, 0.3) is 11.5 Å². The number of carbonyl (C=O) groups excluding carboxylic acids is 1. The van der Waals surface area contributed by atoms with Crippen LogP contribution in [-0.4, -0.2) is 22.3 Å². The van der Waals surface area contributed by atoms with Gasteiger partial charge in [-0.2, -0.15) is 5.10 Å². The Bertz CT molecular complexity index is 1060. The summed E-state index contributed by atoms with van der Waals surface area (Å²) >= 11 is 6.18. The molecular formula is C20H20ClN3O3. The van der Waals surface area contributed by atoms with E-state index in [1.54, 1.807) is 42.5 Å². The van der Waals surface area contributed by atoms with E-state index in [0.29, 0.717) is 33.8 Å². The van der Waals surface area contributed by atoms with Crippen molar-refractivity contribution in [3.63, 3.8) is 0 Å². The molecule has 0 aliphatic carbocycles. The highest BCUT2D eigenvalue weighted by Crippen LogP contribution is 2.33. The first kappa shape index (κ1) is 18.9. The van der Waals surface area contributed by atoms with Gasteiger partial charge in [0, 0.05) is 5.39 Å². The molecule has 1 heterocycles. The van der Waals surface area contributed by atoms with Crippen molar-refractivity contribution in [3.05, 3.63) is 63.5 Å². The molecule has 27 heavy (non-hydrogen) atoms. The van der Waals surface area contributed by atoms with Gasteiger partial charge in [-0.1, -0.05) is 35.9 Å². The fourth-order valence-corrected chi connectivity index (χ4v) is 3.03. The number of benzene rings is 2. The summed E-state index contributed by atoms with van der Waals surface area (Å²) in [5.74, 6) is -0.0414. The van der Waals surface area contributed by atoms with E-state index in [-0.39, 0.29) is 17.3 Å². The van der Waals surface area contributed by atoms with E-state index >= 15 is 0 Å². The van der Waals surface area contributed by atoms with E-state index in [1.165, 1.54) is 4.68 Å². The summed E-state index contributed by atoms with van der Waals surface area (Å²) in [6, 6.07) is 11.9. The van der Waals surface area contributed by atoms with Crippen LogP contribution in [0.1, 0.15) is 37.3 Å². The number of aromatic nitrogens is 2. The van der Waals surface area contributed by atoms with Crippen LogP contribution in [0.4, 0.5) is 5.69 Å². The average Bonchev–Trinajstić information content (AvgIpc) is 2.64. The molecule has 0 saturated carbocycles. The first-order valence-corrected chi connectivity index (χ1v) is 9.06. The summed E-state index contributed by atoms with van der Waals surface area (Å²) in [7, 11) is 0. The lowest BCUT2D eigenvalue weighted by atomic mass is 10.1. The zero-order valence-electron chi connectivity index (χ0n) is 15.3. The van der Waals surface area contributed by atoms with Gasteiger partial charge in [-0.15, -0.1) is 0 Å². The Balaban J connectivity index is 2.11. The van der Waals surface area contributed by atoms with Gasteiger partial charge in [0.2, 0.25) is 0 Å². The van der Waals surface area contributed by atoms with Gasteiger partial charge >= 0.3 is 0 Å². The molecule has 0 unspecified atom stereocenters. The minimum absolute atomic E-state index is 0.168. The molecule has 0 saturated heterocycles. The van der Waals surface area contributed by atoms with Crippen LogP contribution in [0.2, 0.25) is 5.02 Å². The first-order valence-electron chi connectivity index (χ1n) is 8.68. The molecule has 0 fully saturated rings. The molecular weight excluding hydrogens is 366 g/mol. The van der Waals surface area contributed by atoms with Crippen molar-refractivity contribution in [2.45, 2.75) is 26.8 Å². The number of para-hydroxylation sites is 1. The molecule has 1 aromatic heterocycles. The molecule has 1 N–H and O–H groups in total. The standard InChI is InChI=1S/C20H20ClN3O3/c1-4-27-18-15(21)10-7-11-16(18)22-19(25)17-13-8-5-6-9-14(13)20(26)24(23-17)12(2)3/h5-12H,4H2,1-3H3,(H,22,25). The minimum Gasteiger partial charge on any atom is -0.490 e. The second kappa shape index (κ2) is 7.80. The second-order valence-electron chi connectivity index (χ2n) is 6.24. The zero-order valence-corrected chi connectivity index (χ0v) is 16.1. The Labute approximate surface area is 161 Å². The number of ether oxygens (including phenoxy) is 1. The number of halogens is 1. The highest BCUT2D eigenvalue weighted by Gasteiger charge is 2.19. The molecule has 3 rings (SSSR count). The summed E-state index contributed by atoms with van der Waals surface area (Å²) < 4.78 is 6.87. The van der Waals surface area contributed by atoms with Crippen LogP contribution in [0, 0.1) is 0 Å². The first-order chi connectivity index (χ1) is 12.9. The molecule has 0 atom stereocenters. The Morgan fingerprint density at radius 2 is 1.89 bits per heavy atom. The molecule has 140 valence electrons. The zero-order chi connectivity index (χ0) is 19.6. The Kier molecular flexibility index (Phi) is 5.46. The maximum absolute atomic E-state index is 13.0. The second-order valence-corrected chi connectivity index (χ2v) is 6.65. The van der Waals surface area contributed by atoms with E-state index in [0.717, 1.165) is 0 Å². The third kappa shape index (κ3) is 3.66. The lowest BCUT2D eigenvalue weighted by Gasteiger charge is -2.15. The van der Waals surface area contributed by atoms with E-state index in [1.807, 2.05) is 20.8 Å². The van der Waals surface area contributed by atoms with Gasteiger partial charge in [-0.25, -0.2) is 4.68 Å². The summed E-state index contributed by atoms with van der Waals surface area (Å²) in [5.41, 5.74) is 0.388. The van der Waals surface area contributed by atoms with Crippen LogP contribution in [0.15, 0.2) is 47.3 Å². The number of nitrogens with zero attached hydrogens (tertiary/aromatic N) is 2. The lowest BCUT2D eigenvalue weighted by Crippen LogP contribution is -2.29. The van der Waals surface area contributed by atoms with Crippen LogP contribution >= 0.6 is 11.6 Å². The van der Waals surface area contributed by atoms with Crippen LogP contribution < -0.4 is 15.6 Å². The number of hydrogen-bond acceptors (Lipinski definition) is 4. The number of amides is 1. The normalized spacial score (nSPS) is 11.0. The molecule has 0 spiro atoms. The predicted molar refractivity (Wildman–Crippen MR) is 107 cm³/mol. The molecule has 0 aliphatic rings. The molecule has 6 nitrogen and oxygen atoms in total. The summed E-state index contributed by atoms with van der Waals surface area (Å²) in [6.07, 6.45) is 0. The molecule has 1 amide bonds. The SMILES string of the molecule is CCOc1c(Cl)cccc1NC(=O)c1nn(C(C)C)c(=O)c2ccccc12. The fourth-order valence-electron chi connectivity index (χ4n) is 2.80. The lowest BCUT2D eigenvalue weighted by molar-refractivity contribution is 0.102. The Morgan fingerprint density at radius 1 is 1.19 bits per heavy atom. The molecule has 2 aromatic carbocycles. The number of rotatable bonds is 5. The van der Waals surface area contributed by atoms with Crippen LogP contribution in [0.5, 0.6) is 5.75 Å². The summed E-state index contributed by atoms with van der Waals surface area (Å²) in [6.45, 7) is 5.93. The maximum Gasteiger partial charge on any atom is 0.276 e. The topological polar surface area (TPSA) is 73.2 Å². The van der Waals surface area contributed by atoms with E-state index in [9.17, 15) is 9.59 Å². The van der Waals surface area contributed by atoms with Crippen LogP contribution in [0.25, 0.3) is 10.8 Å². The molecule has 0 aliphatic heterocycles. The van der Waals surface area contributed by atoms with E-state index < -0.39 is 5.91 Å². The highest BCUT2D eigenvalue weighted by molar-refractivity contribution is 6.32. The van der Waals surface area contributed by atoms with Gasteiger partial charge in [0.1, 0.15) is 0 Å². The van der Waals surface area contributed by atoms with Crippen molar-refractivity contribution >= 4 is 34.0 Å². The van der Waals surface area contributed by atoms with Crippen molar-refractivity contribution in [2.24, 2.45) is 0 Å². The van der Waals surface area contributed by atoms with Crippen molar-refractivity contribution in [2.75, 3.05) is 11.9 Å². The quantitative estimate of drug-likeness (QED) is 0.711. The predicted octanol–water partition coefficient (Wildman–Crippen LogP) is 4.28. The van der Waals surface area contributed by atoms with Gasteiger partial charge in [0.15, 0.2) is 11.4 Å². The summed E-state index contributed by atoms with van der Waals surface area (Å²) in [4.78, 5) is 25.6. The van der Waals surface area contributed by atoms with Crippen LogP contribution in [0.3, 0.4) is 0 Å². The minimum atomic E-state index is -0.441.